The second kappa shape index (κ2) is 6.68. The van der Waals surface area contributed by atoms with Gasteiger partial charge in [-0.3, -0.25) is 4.79 Å². The van der Waals surface area contributed by atoms with Crippen molar-refractivity contribution < 1.29 is 13.2 Å². The van der Waals surface area contributed by atoms with E-state index in [-0.39, 0.29) is 10.6 Å². The number of imidazole rings is 1. The molecule has 1 aromatic carbocycles. The number of nitrogens with zero attached hydrogens (tertiary/aromatic N) is 3. The molecular formula is C18H15ClN4O3S. The summed E-state index contributed by atoms with van der Waals surface area (Å²) in [5.74, 6) is -0.867. The molecule has 0 saturated heterocycles. The van der Waals surface area contributed by atoms with Gasteiger partial charge in [0.2, 0.25) is 0 Å². The van der Waals surface area contributed by atoms with Gasteiger partial charge in [0.05, 0.1) is 21.6 Å². The van der Waals surface area contributed by atoms with Gasteiger partial charge in [-0.1, -0.05) is 11.6 Å². The van der Waals surface area contributed by atoms with Crippen molar-refractivity contribution in [2.24, 2.45) is 0 Å². The average Bonchev–Trinajstić information content (AvgIpc) is 3.00. The molecule has 0 radical (unpaired) electrons. The molecule has 0 saturated carbocycles. The molecule has 1 N–H and O–H groups in total. The van der Waals surface area contributed by atoms with Crippen LogP contribution in [-0.2, 0) is 10.0 Å². The van der Waals surface area contributed by atoms with Crippen molar-refractivity contribution in [3.8, 4) is 6.07 Å². The Labute approximate surface area is 161 Å². The van der Waals surface area contributed by atoms with Crippen LogP contribution in [0.2, 0.25) is 5.02 Å². The van der Waals surface area contributed by atoms with Gasteiger partial charge < -0.3 is 4.40 Å². The van der Waals surface area contributed by atoms with Crippen molar-refractivity contribution in [1.29, 1.82) is 5.26 Å². The first-order valence-corrected chi connectivity index (χ1v) is 9.72. The van der Waals surface area contributed by atoms with E-state index in [1.807, 2.05) is 17.7 Å². The van der Waals surface area contributed by atoms with E-state index in [1.165, 1.54) is 18.3 Å². The quantitative estimate of drug-likeness (QED) is 0.725. The highest BCUT2D eigenvalue weighted by molar-refractivity contribution is 7.90. The molecule has 138 valence electrons. The van der Waals surface area contributed by atoms with Gasteiger partial charge in [0, 0.05) is 12.4 Å². The minimum absolute atomic E-state index is 0.0648. The fraction of sp³-hybridized carbons (Fsp3) is 0.167. The number of halogens is 1. The third-order valence-corrected chi connectivity index (χ3v) is 5.79. The van der Waals surface area contributed by atoms with Crippen molar-refractivity contribution in [2.75, 3.05) is 0 Å². The lowest BCUT2D eigenvalue weighted by Gasteiger charge is -2.10. The maximum Gasteiger partial charge on any atom is 0.285 e. The molecule has 0 aliphatic rings. The average molecular weight is 403 g/mol. The Morgan fingerprint density at radius 3 is 2.56 bits per heavy atom. The minimum Gasteiger partial charge on any atom is -0.305 e. The lowest BCUT2D eigenvalue weighted by Crippen LogP contribution is -2.31. The smallest absolute Gasteiger partial charge is 0.285 e. The van der Waals surface area contributed by atoms with Crippen LogP contribution in [0.4, 0.5) is 0 Å². The van der Waals surface area contributed by atoms with Gasteiger partial charge >= 0.3 is 0 Å². The standard InChI is InChI=1S/C18H15ClN4O3S/c1-10-4-14(19)17-21-15(9-23(17)8-10)18(24)22-27(25,26)16-6-11(2)13(7-20)5-12(16)3/h4-6,8-9H,1-3H3,(H,22,24). The Bertz CT molecular complexity index is 1240. The maximum absolute atomic E-state index is 12.6. The first-order chi connectivity index (χ1) is 12.6. The van der Waals surface area contributed by atoms with Crippen molar-refractivity contribution >= 4 is 33.2 Å². The van der Waals surface area contributed by atoms with Gasteiger partial charge in [-0.05, 0) is 55.7 Å². The summed E-state index contributed by atoms with van der Waals surface area (Å²) in [5, 5.41) is 9.41. The zero-order valence-corrected chi connectivity index (χ0v) is 16.3. The molecule has 0 fully saturated rings. The van der Waals surface area contributed by atoms with Crippen molar-refractivity contribution in [2.45, 2.75) is 25.7 Å². The van der Waals surface area contributed by atoms with Crippen molar-refractivity contribution in [3.63, 3.8) is 0 Å². The molecule has 1 amide bonds. The zero-order valence-electron chi connectivity index (χ0n) is 14.7. The van der Waals surface area contributed by atoms with Gasteiger partial charge in [0.15, 0.2) is 5.65 Å². The molecule has 0 atom stereocenters. The Morgan fingerprint density at radius 1 is 1.19 bits per heavy atom. The van der Waals surface area contributed by atoms with Crippen LogP contribution >= 0.6 is 11.6 Å². The zero-order chi connectivity index (χ0) is 19.9. The number of fused-ring (bicyclic) bond motifs is 1. The monoisotopic (exact) mass is 402 g/mol. The predicted molar refractivity (Wildman–Crippen MR) is 100 cm³/mol. The number of pyridine rings is 1. The summed E-state index contributed by atoms with van der Waals surface area (Å²) in [6.45, 7) is 5.03. The van der Waals surface area contributed by atoms with E-state index in [4.69, 9.17) is 16.9 Å². The molecule has 0 aliphatic carbocycles. The van der Waals surface area contributed by atoms with Gasteiger partial charge in [-0.2, -0.15) is 5.26 Å². The summed E-state index contributed by atoms with van der Waals surface area (Å²) in [5.41, 5.74) is 2.40. The number of nitriles is 1. The third kappa shape index (κ3) is 3.52. The van der Waals surface area contributed by atoms with Gasteiger partial charge in [0.1, 0.15) is 5.69 Å². The van der Waals surface area contributed by atoms with Crippen LogP contribution in [-0.4, -0.2) is 23.7 Å². The number of nitrogens with one attached hydrogen (secondary N) is 1. The Kier molecular flexibility index (Phi) is 4.68. The lowest BCUT2D eigenvalue weighted by molar-refractivity contribution is 0.0977. The highest BCUT2D eigenvalue weighted by Gasteiger charge is 2.23. The summed E-state index contributed by atoms with van der Waals surface area (Å²) in [7, 11) is -4.13. The molecule has 3 rings (SSSR count). The molecular weight excluding hydrogens is 388 g/mol. The number of sulfonamides is 1. The topological polar surface area (TPSA) is 104 Å². The molecule has 9 heteroatoms. The molecule has 2 aromatic heterocycles. The van der Waals surface area contributed by atoms with E-state index >= 15 is 0 Å². The minimum atomic E-state index is -4.13. The van der Waals surface area contributed by atoms with Crippen LogP contribution in [0.25, 0.3) is 5.65 Å². The molecule has 27 heavy (non-hydrogen) atoms. The van der Waals surface area contributed by atoms with Crippen molar-refractivity contribution in [3.05, 3.63) is 63.6 Å². The lowest BCUT2D eigenvalue weighted by atomic mass is 10.1. The van der Waals surface area contributed by atoms with E-state index in [9.17, 15) is 13.2 Å². The SMILES string of the molecule is Cc1cc(Cl)c2nc(C(=O)NS(=O)(=O)c3cc(C)c(C#N)cc3C)cn2c1. The predicted octanol–water partition coefficient (Wildman–Crippen LogP) is 2.90. The molecule has 0 spiro atoms. The largest absolute Gasteiger partial charge is 0.305 e. The molecule has 2 heterocycles. The summed E-state index contributed by atoms with van der Waals surface area (Å²) < 4.78 is 28.9. The number of hydrogen-bond donors (Lipinski definition) is 1. The van der Waals surface area contributed by atoms with Crippen LogP contribution in [0.3, 0.4) is 0 Å². The van der Waals surface area contributed by atoms with E-state index < -0.39 is 15.9 Å². The third-order valence-electron chi connectivity index (χ3n) is 4.03. The Morgan fingerprint density at radius 2 is 1.89 bits per heavy atom. The summed E-state index contributed by atoms with van der Waals surface area (Å²) >= 11 is 6.12. The molecule has 7 nitrogen and oxygen atoms in total. The Hall–Kier alpha value is -2.89. The number of benzene rings is 1. The molecule has 0 aliphatic heterocycles. The van der Waals surface area contributed by atoms with Crippen LogP contribution in [0.5, 0.6) is 0 Å². The summed E-state index contributed by atoms with van der Waals surface area (Å²) in [6, 6.07) is 6.54. The summed E-state index contributed by atoms with van der Waals surface area (Å²) in [6.07, 6.45) is 3.14. The summed E-state index contributed by atoms with van der Waals surface area (Å²) in [4.78, 5) is 16.5. The molecule has 0 bridgehead atoms. The first kappa shape index (κ1) is 18.9. The van der Waals surface area contributed by atoms with E-state index in [0.717, 1.165) is 5.56 Å². The van der Waals surface area contributed by atoms with Gasteiger partial charge in [0.25, 0.3) is 15.9 Å². The highest BCUT2D eigenvalue weighted by atomic mass is 35.5. The van der Waals surface area contributed by atoms with Gasteiger partial charge in [-0.25, -0.2) is 18.1 Å². The van der Waals surface area contributed by atoms with Gasteiger partial charge in [-0.15, -0.1) is 0 Å². The fourth-order valence-corrected chi connectivity index (χ4v) is 4.31. The Balaban J connectivity index is 1.97. The first-order valence-electron chi connectivity index (χ1n) is 7.85. The van der Waals surface area contributed by atoms with E-state index in [1.54, 1.807) is 30.5 Å². The number of aromatic nitrogens is 2. The van der Waals surface area contributed by atoms with E-state index in [0.29, 0.717) is 27.4 Å². The van der Waals surface area contributed by atoms with Crippen LogP contribution in [0.1, 0.15) is 32.7 Å². The molecule has 3 aromatic rings. The number of hydrogen-bond acceptors (Lipinski definition) is 5. The second-order valence-electron chi connectivity index (χ2n) is 6.20. The number of amides is 1. The van der Waals surface area contributed by atoms with E-state index in [2.05, 4.69) is 4.98 Å². The van der Waals surface area contributed by atoms with Crippen LogP contribution in [0.15, 0.2) is 35.5 Å². The van der Waals surface area contributed by atoms with Crippen molar-refractivity contribution in [1.82, 2.24) is 14.1 Å². The maximum atomic E-state index is 12.6. The normalized spacial score (nSPS) is 11.4. The molecule has 0 unspecified atom stereocenters. The number of carbonyl (C=O) groups is 1. The highest BCUT2D eigenvalue weighted by Crippen LogP contribution is 2.21. The number of carbonyl (C=O) groups excluding carboxylic acids is 1. The second-order valence-corrected chi connectivity index (χ2v) is 8.26. The fourth-order valence-electron chi connectivity index (χ4n) is 2.73. The van der Waals surface area contributed by atoms with Crippen LogP contribution < -0.4 is 4.72 Å². The van der Waals surface area contributed by atoms with Crippen LogP contribution in [0, 0.1) is 32.1 Å². The number of aryl methyl sites for hydroxylation is 3. The number of rotatable bonds is 3.